The zero-order chi connectivity index (χ0) is 22.7. The molecule has 164 valence electrons. The van der Waals surface area contributed by atoms with Crippen molar-refractivity contribution in [2.75, 3.05) is 41.4 Å². The predicted octanol–water partition coefficient (Wildman–Crippen LogP) is 2.39. The molecule has 1 saturated heterocycles. The maximum Gasteiger partial charge on any atom is 0.295 e. The number of nitrogens with zero attached hydrogens (tertiary/aromatic N) is 2. The Kier molecular flexibility index (Phi) is 6.50. The number of ketones is 1. The normalized spacial score (nSPS) is 18.0. The molecule has 2 N–H and O–H groups in total. The highest BCUT2D eigenvalue weighted by Gasteiger charge is 2.46. The molecule has 0 spiro atoms. The van der Waals surface area contributed by atoms with Crippen molar-refractivity contribution < 1.29 is 29.3 Å². The van der Waals surface area contributed by atoms with Gasteiger partial charge in [-0.1, -0.05) is 12.1 Å². The number of carbonyl (C=O) groups excluding carboxylic acids is 2. The summed E-state index contributed by atoms with van der Waals surface area (Å²) in [5, 5.41) is 21.4. The van der Waals surface area contributed by atoms with Crippen molar-refractivity contribution in [2.24, 2.45) is 0 Å². The summed E-state index contributed by atoms with van der Waals surface area (Å²) < 4.78 is 10.4. The predicted molar refractivity (Wildman–Crippen MR) is 115 cm³/mol. The molecule has 0 bridgehead atoms. The molecule has 1 aliphatic heterocycles. The van der Waals surface area contributed by atoms with Crippen molar-refractivity contribution in [3.8, 4) is 17.2 Å². The summed E-state index contributed by atoms with van der Waals surface area (Å²) in [6.07, 6.45) is 0. The van der Waals surface area contributed by atoms with Crippen molar-refractivity contribution >= 4 is 17.4 Å². The summed E-state index contributed by atoms with van der Waals surface area (Å²) in [5.41, 5.74) is 0.573. The van der Waals surface area contributed by atoms with Crippen molar-refractivity contribution in [3.63, 3.8) is 0 Å². The third-order valence-electron chi connectivity index (χ3n) is 5.20. The first-order chi connectivity index (χ1) is 14.8. The van der Waals surface area contributed by atoms with Gasteiger partial charge in [0.2, 0.25) is 0 Å². The number of aliphatic hydroxyl groups excluding tert-OH is 1. The number of carbonyl (C=O) groups is 2. The van der Waals surface area contributed by atoms with E-state index in [2.05, 4.69) is 0 Å². The summed E-state index contributed by atoms with van der Waals surface area (Å²) >= 11 is 0. The van der Waals surface area contributed by atoms with Crippen molar-refractivity contribution in [1.29, 1.82) is 0 Å². The van der Waals surface area contributed by atoms with Crippen LogP contribution >= 0.6 is 0 Å². The van der Waals surface area contributed by atoms with Crippen LogP contribution in [0.25, 0.3) is 5.76 Å². The third-order valence-corrected chi connectivity index (χ3v) is 5.20. The molecule has 1 aliphatic rings. The molecule has 8 heteroatoms. The maximum atomic E-state index is 13.0. The number of ether oxygens (including phenoxy) is 2. The van der Waals surface area contributed by atoms with Crippen LogP contribution in [0.4, 0.5) is 0 Å². The first-order valence-electron chi connectivity index (χ1n) is 9.73. The fourth-order valence-electron chi connectivity index (χ4n) is 3.56. The molecular formula is C23H26N2O6. The Balaban J connectivity index is 2.18. The number of aliphatic hydroxyl groups is 1. The number of benzene rings is 2. The SMILES string of the molecule is COc1cccc([C@H]2C(=C(O)c3ccc(OC)cc3O)C(=O)C(=O)N2CCN(C)C)c1. The minimum Gasteiger partial charge on any atom is -0.507 e. The van der Waals surface area contributed by atoms with Gasteiger partial charge < -0.3 is 29.5 Å². The Morgan fingerprint density at radius 2 is 1.74 bits per heavy atom. The van der Waals surface area contributed by atoms with Gasteiger partial charge in [-0.25, -0.2) is 0 Å². The summed E-state index contributed by atoms with van der Waals surface area (Å²) in [7, 11) is 6.71. The van der Waals surface area contributed by atoms with Crippen LogP contribution in [0.5, 0.6) is 17.2 Å². The van der Waals surface area contributed by atoms with E-state index in [-0.39, 0.29) is 23.4 Å². The fourth-order valence-corrected chi connectivity index (χ4v) is 3.56. The third kappa shape index (κ3) is 4.34. The number of likely N-dealkylation sites (tertiary alicyclic amines) is 1. The van der Waals surface area contributed by atoms with Crippen molar-refractivity contribution in [1.82, 2.24) is 9.80 Å². The Bertz CT molecular complexity index is 1030. The lowest BCUT2D eigenvalue weighted by Gasteiger charge is -2.26. The largest absolute Gasteiger partial charge is 0.507 e. The molecule has 0 unspecified atom stereocenters. The van der Waals surface area contributed by atoms with Crippen molar-refractivity contribution in [3.05, 3.63) is 59.2 Å². The van der Waals surface area contributed by atoms with Crippen molar-refractivity contribution in [2.45, 2.75) is 6.04 Å². The summed E-state index contributed by atoms with van der Waals surface area (Å²) in [4.78, 5) is 29.2. The first-order valence-corrected chi connectivity index (χ1v) is 9.73. The molecule has 2 aromatic carbocycles. The second-order valence-electron chi connectivity index (χ2n) is 7.46. The molecule has 0 saturated carbocycles. The van der Waals surface area contributed by atoms with Gasteiger partial charge in [0.15, 0.2) is 0 Å². The molecule has 0 aromatic heterocycles. The minimum atomic E-state index is -0.823. The number of hydrogen-bond donors (Lipinski definition) is 2. The lowest BCUT2D eigenvalue weighted by molar-refractivity contribution is -0.140. The lowest BCUT2D eigenvalue weighted by Crippen LogP contribution is -2.35. The Hall–Kier alpha value is -3.52. The number of aromatic hydroxyl groups is 1. The number of amides is 1. The van der Waals surface area contributed by atoms with Gasteiger partial charge in [-0.15, -0.1) is 0 Å². The van der Waals surface area contributed by atoms with Crippen LogP contribution in [0, 0.1) is 0 Å². The monoisotopic (exact) mass is 426 g/mol. The zero-order valence-electron chi connectivity index (χ0n) is 18.0. The molecule has 0 aliphatic carbocycles. The fraction of sp³-hybridized carbons (Fsp3) is 0.304. The van der Waals surface area contributed by atoms with Gasteiger partial charge in [-0.05, 0) is 43.9 Å². The lowest BCUT2D eigenvalue weighted by atomic mass is 9.95. The van der Waals surface area contributed by atoms with Gasteiger partial charge in [0.25, 0.3) is 11.7 Å². The summed E-state index contributed by atoms with van der Waals surface area (Å²) in [5.74, 6) is -1.27. The number of phenols is 1. The number of phenolic OH excluding ortho intramolecular Hbond substituents is 1. The standard InChI is InChI=1S/C23H26N2O6/c1-24(2)10-11-25-20(14-6-5-7-15(12-14)30-3)19(22(28)23(25)29)21(27)17-9-8-16(31-4)13-18(17)26/h5-9,12-13,20,26-27H,10-11H2,1-4H3/t20-/m0/s1. The summed E-state index contributed by atoms with van der Waals surface area (Å²) in [6, 6.07) is 10.5. The van der Waals surface area contributed by atoms with E-state index in [9.17, 15) is 19.8 Å². The smallest absolute Gasteiger partial charge is 0.295 e. The van der Waals surface area contributed by atoms with Gasteiger partial charge in [-0.3, -0.25) is 9.59 Å². The van der Waals surface area contributed by atoms with Crippen LogP contribution in [-0.2, 0) is 9.59 Å². The number of Topliss-reactive ketones (excluding diaryl/α,β-unsaturated/α-hetero) is 1. The van der Waals surface area contributed by atoms with E-state index in [4.69, 9.17) is 9.47 Å². The van der Waals surface area contributed by atoms with E-state index in [0.717, 1.165) is 0 Å². The number of rotatable bonds is 7. The molecule has 0 radical (unpaired) electrons. The van der Waals surface area contributed by atoms with E-state index in [1.165, 1.54) is 31.3 Å². The second-order valence-corrected chi connectivity index (χ2v) is 7.46. The highest BCUT2D eigenvalue weighted by atomic mass is 16.5. The average Bonchev–Trinajstić information content (AvgIpc) is 3.01. The molecule has 1 atom stereocenters. The van der Waals surface area contributed by atoms with Crippen LogP contribution in [0.2, 0.25) is 0 Å². The summed E-state index contributed by atoms with van der Waals surface area (Å²) in [6.45, 7) is 0.812. The van der Waals surface area contributed by atoms with E-state index in [1.54, 1.807) is 30.3 Å². The molecule has 1 fully saturated rings. The van der Waals surface area contributed by atoms with Gasteiger partial charge in [-0.2, -0.15) is 0 Å². The Labute approximate surface area is 180 Å². The van der Waals surface area contributed by atoms with Crippen LogP contribution in [-0.4, -0.2) is 73.1 Å². The molecule has 31 heavy (non-hydrogen) atoms. The van der Waals surface area contributed by atoms with Crippen LogP contribution in [0.1, 0.15) is 17.2 Å². The molecule has 1 heterocycles. The molecule has 1 amide bonds. The van der Waals surface area contributed by atoms with Gasteiger partial charge in [0.1, 0.15) is 23.0 Å². The molecule has 2 aromatic rings. The first kappa shape index (κ1) is 22.2. The highest BCUT2D eigenvalue weighted by molar-refractivity contribution is 6.46. The van der Waals surface area contributed by atoms with Gasteiger partial charge >= 0.3 is 0 Å². The average molecular weight is 426 g/mol. The van der Waals surface area contributed by atoms with Gasteiger partial charge in [0.05, 0.1) is 31.4 Å². The number of hydrogen-bond acceptors (Lipinski definition) is 7. The quantitative estimate of drug-likeness (QED) is 0.398. The van der Waals surface area contributed by atoms with E-state index in [0.29, 0.717) is 23.6 Å². The number of likely N-dealkylation sites (N-methyl/N-ethyl adjacent to an activating group) is 1. The molecule has 3 rings (SSSR count). The minimum absolute atomic E-state index is 0.0410. The van der Waals surface area contributed by atoms with E-state index >= 15 is 0 Å². The number of methoxy groups -OCH3 is 2. The van der Waals surface area contributed by atoms with Crippen LogP contribution in [0.3, 0.4) is 0 Å². The molecular weight excluding hydrogens is 400 g/mol. The Morgan fingerprint density at radius 3 is 2.35 bits per heavy atom. The van der Waals surface area contributed by atoms with E-state index < -0.39 is 23.5 Å². The van der Waals surface area contributed by atoms with Crippen LogP contribution in [0.15, 0.2) is 48.0 Å². The zero-order valence-corrected chi connectivity index (χ0v) is 18.0. The van der Waals surface area contributed by atoms with Gasteiger partial charge in [0, 0.05) is 19.2 Å². The highest BCUT2D eigenvalue weighted by Crippen LogP contribution is 2.41. The topological polar surface area (TPSA) is 99.5 Å². The molecule has 8 nitrogen and oxygen atoms in total. The van der Waals surface area contributed by atoms with E-state index in [1.807, 2.05) is 19.0 Å². The second kappa shape index (κ2) is 9.09. The van der Waals surface area contributed by atoms with Crippen LogP contribution < -0.4 is 9.47 Å². The maximum absolute atomic E-state index is 13.0. The Morgan fingerprint density at radius 1 is 1.06 bits per heavy atom.